The zero-order chi connectivity index (χ0) is 19.2. The van der Waals surface area contributed by atoms with Gasteiger partial charge in [0, 0.05) is 23.4 Å². The summed E-state index contributed by atoms with van der Waals surface area (Å²) in [4.78, 5) is 17.8. The molecule has 0 aliphatic heterocycles. The van der Waals surface area contributed by atoms with Crippen LogP contribution in [0.2, 0.25) is 0 Å². The molecule has 0 atom stereocenters. The zero-order valence-corrected chi connectivity index (χ0v) is 16.1. The second-order valence-electron chi connectivity index (χ2n) is 6.16. The largest absolute Gasteiger partial charge is 0.497 e. The molecule has 0 bridgehead atoms. The predicted octanol–water partition coefficient (Wildman–Crippen LogP) is 4.17. The minimum Gasteiger partial charge on any atom is -0.497 e. The van der Waals surface area contributed by atoms with Crippen LogP contribution in [0.25, 0.3) is 10.6 Å². The molecule has 3 aromatic rings. The van der Waals surface area contributed by atoms with Gasteiger partial charge in [-0.05, 0) is 48.9 Å². The standard InChI is InChI=1S/C21H21FN2O2S/c1-14-19(27-21(24-14)16-5-7-17(22)8-6-16)11-12-23-20(25)13-15-3-9-18(26-2)10-4-15/h3-10H,11-13H2,1-2H3,(H,23,25). The maximum Gasteiger partial charge on any atom is 0.224 e. The summed E-state index contributed by atoms with van der Waals surface area (Å²) < 4.78 is 18.2. The second-order valence-corrected chi connectivity index (χ2v) is 7.24. The molecule has 0 fully saturated rings. The van der Waals surface area contributed by atoms with Crippen LogP contribution in [-0.4, -0.2) is 24.5 Å². The number of thiazole rings is 1. The zero-order valence-electron chi connectivity index (χ0n) is 15.3. The minimum absolute atomic E-state index is 0.0129. The van der Waals surface area contributed by atoms with Gasteiger partial charge in [-0.15, -0.1) is 11.3 Å². The molecule has 3 rings (SSSR count). The highest BCUT2D eigenvalue weighted by atomic mass is 32.1. The summed E-state index contributed by atoms with van der Waals surface area (Å²) in [5.74, 6) is 0.504. The fourth-order valence-corrected chi connectivity index (χ4v) is 3.75. The molecule has 0 aliphatic carbocycles. The van der Waals surface area contributed by atoms with Crippen LogP contribution in [0.3, 0.4) is 0 Å². The monoisotopic (exact) mass is 384 g/mol. The van der Waals surface area contributed by atoms with E-state index in [0.29, 0.717) is 13.0 Å². The topological polar surface area (TPSA) is 51.2 Å². The Bertz CT molecular complexity index is 905. The first-order chi connectivity index (χ1) is 13.0. The number of hydrogen-bond donors (Lipinski definition) is 1. The number of amides is 1. The Balaban J connectivity index is 1.52. The summed E-state index contributed by atoms with van der Waals surface area (Å²) in [5.41, 5.74) is 2.80. The fourth-order valence-electron chi connectivity index (χ4n) is 2.68. The number of aryl methyl sites for hydroxylation is 1. The number of rotatable bonds is 7. The van der Waals surface area contributed by atoms with Gasteiger partial charge in [0.1, 0.15) is 16.6 Å². The third-order valence-electron chi connectivity index (χ3n) is 4.18. The number of nitrogens with one attached hydrogen (secondary N) is 1. The predicted molar refractivity (Wildman–Crippen MR) is 106 cm³/mol. The van der Waals surface area contributed by atoms with Gasteiger partial charge in [-0.25, -0.2) is 9.37 Å². The lowest BCUT2D eigenvalue weighted by atomic mass is 10.1. The van der Waals surface area contributed by atoms with E-state index in [1.54, 1.807) is 30.6 Å². The molecule has 1 amide bonds. The van der Waals surface area contributed by atoms with E-state index in [0.717, 1.165) is 38.9 Å². The minimum atomic E-state index is -0.258. The number of aromatic nitrogens is 1. The van der Waals surface area contributed by atoms with Crippen molar-refractivity contribution in [2.75, 3.05) is 13.7 Å². The van der Waals surface area contributed by atoms with Crippen LogP contribution in [0, 0.1) is 12.7 Å². The maximum atomic E-state index is 13.1. The van der Waals surface area contributed by atoms with Crippen molar-refractivity contribution in [3.63, 3.8) is 0 Å². The second kappa shape index (κ2) is 8.77. The van der Waals surface area contributed by atoms with Gasteiger partial charge in [0.15, 0.2) is 0 Å². The molecular formula is C21H21FN2O2S. The van der Waals surface area contributed by atoms with Crippen LogP contribution >= 0.6 is 11.3 Å². The van der Waals surface area contributed by atoms with Crippen molar-refractivity contribution in [2.24, 2.45) is 0 Å². The maximum absolute atomic E-state index is 13.1. The highest BCUT2D eigenvalue weighted by Gasteiger charge is 2.10. The highest BCUT2D eigenvalue weighted by Crippen LogP contribution is 2.28. The normalized spacial score (nSPS) is 10.6. The first-order valence-corrected chi connectivity index (χ1v) is 9.48. The molecule has 140 valence electrons. The van der Waals surface area contributed by atoms with E-state index in [1.807, 2.05) is 31.2 Å². The summed E-state index contributed by atoms with van der Waals surface area (Å²) in [5, 5.41) is 3.82. The molecule has 4 nitrogen and oxygen atoms in total. The molecule has 0 saturated heterocycles. The van der Waals surface area contributed by atoms with Crippen LogP contribution in [0.15, 0.2) is 48.5 Å². The first kappa shape index (κ1) is 19.0. The molecule has 0 unspecified atom stereocenters. The van der Waals surface area contributed by atoms with Gasteiger partial charge < -0.3 is 10.1 Å². The van der Waals surface area contributed by atoms with Gasteiger partial charge in [-0.3, -0.25) is 4.79 Å². The van der Waals surface area contributed by atoms with Gasteiger partial charge in [-0.1, -0.05) is 12.1 Å². The lowest BCUT2D eigenvalue weighted by Crippen LogP contribution is -2.27. The van der Waals surface area contributed by atoms with Gasteiger partial charge in [-0.2, -0.15) is 0 Å². The van der Waals surface area contributed by atoms with E-state index in [-0.39, 0.29) is 11.7 Å². The molecule has 1 heterocycles. The summed E-state index contributed by atoms with van der Waals surface area (Å²) in [6.07, 6.45) is 1.06. The molecule has 2 aromatic carbocycles. The SMILES string of the molecule is COc1ccc(CC(=O)NCCc2sc(-c3ccc(F)cc3)nc2C)cc1. The molecule has 1 aromatic heterocycles. The molecule has 0 spiro atoms. The van der Waals surface area contributed by atoms with Gasteiger partial charge in [0.05, 0.1) is 19.2 Å². The fraction of sp³-hybridized carbons (Fsp3) is 0.238. The number of methoxy groups -OCH3 is 1. The summed E-state index contributed by atoms with van der Waals surface area (Å²) in [6, 6.07) is 13.8. The molecule has 0 aliphatic rings. The molecular weight excluding hydrogens is 363 g/mol. The van der Waals surface area contributed by atoms with E-state index in [4.69, 9.17) is 4.74 Å². The van der Waals surface area contributed by atoms with Crippen LogP contribution in [0.4, 0.5) is 4.39 Å². The molecule has 0 saturated carbocycles. The van der Waals surface area contributed by atoms with Crippen molar-refractivity contribution in [2.45, 2.75) is 19.8 Å². The van der Waals surface area contributed by atoms with Crippen LogP contribution in [-0.2, 0) is 17.6 Å². The number of benzene rings is 2. The van der Waals surface area contributed by atoms with E-state index in [1.165, 1.54) is 12.1 Å². The van der Waals surface area contributed by atoms with E-state index in [9.17, 15) is 9.18 Å². The van der Waals surface area contributed by atoms with E-state index >= 15 is 0 Å². The molecule has 1 N–H and O–H groups in total. The Morgan fingerprint density at radius 3 is 2.52 bits per heavy atom. The van der Waals surface area contributed by atoms with Gasteiger partial charge in [0.2, 0.25) is 5.91 Å². The van der Waals surface area contributed by atoms with E-state index in [2.05, 4.69) is 10.3 Å². The van der Waals surface area contributed by atoms with Crippen LogP contribution in [0.1, 0.15) is 16.1 Å². The Labute approximate surface area is 162 Å². The summed E-state index contributed by atoms with van der Waals surface area (Å²) in [6.45, 7) is 2.51. The average Bonchev–Trinajstić information content (AvgIpc) is 3.03. The van der Waals surface area contributed by atoms with Crippen molar-refractivity contribution < 1.29 is 13.9 Å². The Morgan fingerprint density at radius 1 is 1.15 bits per heavy atom. The lowest BCUT2D eigenvalue weighted by molar-refractivity contribution is -0.120. The number of hydrogen-bond acceptors (Lipinski definition) is 4. The average molecular weight is 384 g/mol. The van der Waals surface area contributed by atoms with Crippen molar-refractivity contribution >= 4 is 17.2 Å². The quantitative estimate of drug-likeness (QED) is 0.665. The highest BCUT2D eigenvalue weighted by molar-refractivity contribution is 7.15. The van der Waals surface area contributed by atoms with Crippen molar-refractivity contribution in [3.8, 4) is 16.3 Å². The lowest BCUT2D eigenvalue weighted by Gasteiger charge is -2.06. The van der Waals surface area contributed by atoms with Crippen molar-refractivity contribution in [3.05, 3.63) is 70.5 Å². The number of carbonyl (C=O) groups excluding carboxylic acids is 1. The number of nitrogens with zero attached hydrogens (tertiary/aromatic N) is 1. The van der Waals surface area contributed by atoms with Gasteiger partial charge >= 0.3 is 0 Å². The third-order valence-corrected chi connectivity index (χ3v) is 5.45. The Morgan fingerprint density at radius 2 is 1.85 bits per heavy atom. The van der Waals surface area contributed by atoms with Crippen molar-refractivity contribution in [1.82, 2.24) is 10.3 Å². The number of carbonyl (C=O) groups is 1. The smallest absolute Gasteiger partial charge is 0.224 e. The van der Waals surface area contributed by atoms with Crippen molar-refractivity contribution in [1.29, 1.82) is 0 Å². The summed E-state index contributed by atoms with van der Waals surface area (Å²) in [7, 11) is 1.62. The molecule has 27 heavy (non-hydrogen) atoms. The summed E-state index contributed by atoms with van der Waals surface area (Å²) >= 11 is 1.58. The van der Waals surface area contributed by atoms with E-state index < -0.39 is 0 Å². The first-order valence-electron chi connectivity index (χ1n) is 8.67. The third kappa shape index (κ3) is 5.14. The van der Waals surface area contributed by atoms with Crippen LogP contribution in [0.5, 0.6) is 5.75 Å². The number of ether oxygens (including phenoxy) is 1. The Kier molecular flexibility index (Phi) is 6.19. The number of halogens is 1. The molecule has 0 radical (unpaired) electrons. The van der Waals surface area contributed by atoms with Gasteiger partial charge in [0.25, 0.3) is 0 Å². The Hall–Kier alpha value is -2.73. The molecule has 6 heteroatoms. The van der Waals surface area contributed by atoms with Crippen LogP contribution < -0.4 is 10.1 Å².